The molecular weight excluding hydrogens is 273 g/mol. The number of aryl methyl sites for hydroxylation is 2. The van der Waals surface area contributed by atoms with Gasteiger partial charge in [0.1, 0.15) is 18.2 Å². The Morgan fingerprint density at radius 1 is 1.19 bits per heavy atom. The highest BCUT2D eigenvalue weighted by Crippen LogP contribution is 2.30. The SMILES string of the molecule is Cn1nncc1COc1cc(F)ccc1-c1ccnn1C. The maximum absolute atomic E-state index is 13.5. The molecule has 0 saturated carbocycles. The normalized spacial score (nSPS) is 10.8. The van der Waals surface area contributed by atoms with Crippen LogP contribution in [0.1, 0.15) is 5.69 Å². The first-order chi connectivity index (χ1) is 10.1. The summed E-state index contributed by atoms with van der Waals surface area (Å²) in [4.78, 5) is 0. The summed E-state index contributed by atoms with van der Waals surface area (Å²) >= 11 is 0. The third-order valence-corrected chi connectivity index (χ3v) is 3.22. The highest BCUT2D eigenvalue weighted by Gasteiger charge is 2.12. The number of hydrogen-bond acceptors (Lipinski definition) is 4. The predicted octanol–water partition coefficient (Wildman–Crippen LogP) is 1.93. The second-order valence-electron chi connectivity index (χ2n) is 4.62. The Morgan fingerprint density at radius 3 is 2.71 bits per heavy atom. The molecule has 108 valence electrons. The number of hydrogen-bond donors (Lipinski definition) is 0. The zero-order valence-electron chi connectivity index (χ0n) is 11.7. The molecule has 21 heavy (non-hydrogen) atoms. The van der Waals surface area contributed by atoms with Gasteiger partial charge in [0.05, 0.1) is 17.6 Å². The summed E-state index contributed by atoms with van der Waals surface area (Å²) in [6.07, 6.45) is 3.30. The molecular formula is C14H14FN5O. The van der Waals surface area contributed by atoms with E-state index in [4.69, 9.17) is 4.74 Å². The zero-order chi connectivity index (χ0) is 14.8. The summed E-state index contributed by atoms with van der Waals surface area (Å²) in [7, 11) is 3.60. The molecule has 0 bridgehead atoms. The van der Waals surface area contributed by atoms with Gasteiger partial charge in [-0.1, -0.05) is 5.21 Å². The molecule has 0 amide bonds. The Morgan fingerprint density at radius 2 is 2.05 bits per heavy atom. The quantitative estimate of drug-likeness (QED) is 0.735. The van der Waals surface area contributed by atoms with E-state index in [2.05, 4.69) is 15.4 Å². The van der Waals surface area contributed by atoms with Gasteiger partial charge in [0.2, 0.25) is 0 Å². The number of halogens is 1. The summed E-state index contributed by atoms with van der Waals surface area (Å²) in [5.74, 6) is 0.110. The second-order valence-corrected chi connectivity index (χ2v) is 4.62. The van der Waals surface area contributed by atoms with Gasteiger partial charge in [-0.2, -0.15) is 5.10 Å². The van der Waals surface area contributed by atoms with Crippen LogP contribution in [-0.4, -0.2) is 24.8 Å². The van der Waals surface area contributed by atoms with Crippen molar-refractivity contribution in [1.29, 1.82) is 0 Å². The van der Waals surface area contributed by atoms with Crippen LogP contribution in [0.4, 0.5) is 4.39 Å². The summed E-state index contributed by atoms with van der Waals surface area (Å²) in [6, 6.07) is 6.31. The van der Waals surface area contributed by atoms with Gasteiger partial charge in [0, 0.05) is 31.9 Å². The molecule has 0 aliphatic heterocycles. The Labute approximate surface area is 120 Å². The van der Waals surface area contributed by atoms with Crippen LogP contribution >= 0.6 is 0 Å². The van der Waals surface area contributed by atoms with E-state index in [-0.39, 0.29) is 12.4 Å². The van der Waals surface area contributed by atoms with Gasteiger partial charge in [-0.15, -0.1) is 5.10 Å². The lowest BCUT2D eigenvalue weighted by Gasteiger charge is -2.12. The van der Waals surface area contributed by atoms with Crippen molar-refractivity contribution in [2.45, 2.75) is 6.61 Å². The third kappa shape index (κ3) is 2.62. The maximum Gasteiger partial charge on any atom is 0.132 e. The summed E-state index contributed by atoms with van der Waals surface area (Å²) in [5, 5.41) is 11.7. The van der Waals surface area contributed by atoms with Gasteiger partial charge >= 0.3 is 0 Å². The van der Waals surface area contributed by atoms with Gasteiger partial charge in [-0.25, -0.2) is 9.07 Å². The molecule has 0 aliphatic carbocycles. The van der Waals surface area contributed by atoms with E-state index in [0.29, 0.717) is 5.75 Å². The molecule has 0 N–H and O–H groups in total. The molecule has 2 heterocycles. The molecule has 3 rings (SSSR count). The Bertz CT molecular complexity index is 764. The first-order valence-electron chi connectivity index (χ1n) is 6.39. The van der Waals surface area contributed by atoms with Crippen molar-refractivity contribution in [2.24, 2.45) is 14.1 Å². The summed E-state index contributed by atoms with van der Waals surface area (Å²) in [6.45, 7) is 0.262. The summed E-state index contributed by atoms with van der Waals surface area (Å²) in [5.41, 5.74) is 2.44. The van der Waals surface area contributed by atoms with Crippen LogP contribution in [0, 0.1) is 5.82 Å². The fraction of sp³-hybridized carbons (Fsp3) is 0.214. The third-order valence-electron chi connectivity index (χ3n) is 3.22. The monoisotopic (exact) mass is 287 g/mol. The van der Waals surface area contributed by atoms with E-state index < -0.39 is 0 Å². The Hall–Kier alpha value is -2.70. The lowest BCUT2D eigenvalue weighted by atomic mass is 10.1. The van der Waals surface area contributed by atoms with Crippen molar-refractivity contribution >= 4 is 0 Å². The smallest absolute Gasteiger partial charge is 0.132 e. The van der Waals surface area contributed by atoms with Crippen molar-refractivity contribution in [3.05, 3.63) is 48.2 Å². The molecule has 6 nitrogen and oxygen atoms in total. The molecule has 1 aromatic carbocycles. The van der Waals surface area contributed by atoms with E-state index in [0.717, 1.165) is 17.0 Å². The average molecular weight is 287 g/mol. The molecule has 0 fully saturated rings. The summed E-state index contributed by atoms with van der Waals surface area (Å²) < 4.78 is 22.6. The molecule has 0 radical (unpaired) electrons. The van der Waals surface area contributed by atoms with Crippen molar-refractivity contribution in [2.75, 3.05) is 0 Å². The van der Waals surface area contributed by atoms with Gasteiger partial charge in [-0.05, 0) is 18.2 Å². The minimum Gasteiger partial charge on any atom is -0.486 e. The highest BCUT2D eigenvalue weighted by atomic mass is 19.1. The zero-order valence-corrected chi connectivity index (χ0v) is 11.7. The van der Waals surface area contributed by atoms with Crippen LogP contribution in [0.3, 0.4) is 0 Å². The fourth-order valence-corrected chi connectivity index (χ4v) is 2.06. The topological polar surface area (TPSA) is 57.8 Å². The minimum atomic E-state index is -0.348. The number of rotatable bonds is 4. The molecule has 0 spiro atoms. The first kappa shape index (κ1) is 13.3. The average Bonchev–Trinajstić information content (AvgIpc) is 3.06. The van der Waals surface area contributed by atoms with Gasteiger partial charge in [-0.3, -0.25) is 4.68 Å². The number of nitrogens with zero attached hydrogens (tertiary/aromatic N) is 5. The number of aromatic nitrogens is 5. The standard InChI is InChI=1S/C14H14FN5O/c1-19-11(8-16-18-19)9-21-14-7-10(15)3-4-12(14)13-5-6-17-20(13)2/h3-8H,9H2,1-2H3. The van der Waals surface area contributed by atoms with Crippen molar-refractivity contribution in [3.8, 4) is 17.0 Å². The van der Waals surface area contributed by atoms with Crippen LogP contribution in [0.2, 0.25) is 0 Å². The molecule has 3 aromatic rings. The Kier molecular flexibility index (Phi) is 3.39. The number of ether oxygens (including phenoxy) is 1. The molecule has 0 aliphatic rings. The molecule has 0 atom stereocenters. The van der Waals surface area contributed by atoms with E-state index in [1.54, 1.807) is 34.9 Å². The first-order valence-corrected chi connectivity index (χ1v) is 6.39. The van der Waals surface area contributed by atoms with Gasteiger partial charge in [0.15, 0.2) is 0 Å². The van der Waals surface area contributed by atoms with Crippen LogP contribution in [0.15, 0.2) is 36.7 Å². The van der Waals surface area contributed by atoms with Crippen molar-refractivity contribution in [3.63, 3.8) is 0 Å². The molecule has 7 heteroatoms. The molecule has 2 aromatic heterocycles. The van der Waals surface area contributed by atoms with Crippen LogP contribution in [0.5, 0.6) is 5.75 Å². The molecule has 0 unspecified atom stereocenters. The fourth-order valence-electron chi connectivity index (χ4n) is 2.06. The molecule has 0 saturated heterocycles. The van der Waals surface area contributed by atoms with Crippen LogP contribution in [0.25, 0.3) is 11.3 Å². The minimum absolute atomic E-state index is 0.262. The van der Waals surface area contributed by atoms with E-state index >= 15 is 0 Å². The van der Waals surface area contributed by atoms with Crippen molar-refractivity contribution in [1.82, 2.24) is 24.8 Å². The van der Waals surface area contributed by atoms with E-state index in [9.17, 15) is 4.39 Å². The lowest BCUT2D eigenvalue weighted by Crippen LogP contribution is -2.04. The highest BCUT2D eigenvalue weighted by molar-refractivity contribution is 5.67. The number of benzene rings is 1. The lowest BCUT2D eigenvalue weighted by molar-refractivity contribution is 0.294. The Balaban J connectivity index is 1.92. The van der Waals surface area contributed by atoms with Gasteiger partial charge in [0.25, 0.3) is 0 Å². The largest absolute Gasteiger partial charge is 0.486 e. The second kappa shape index (κ2) is 5.35. The van der Waals surface area contributed by atoms with Gasteiger partial charge < -0.3 is 4.74 Å². The van der Waals surface area contributed by atoms with E-state index in [1.807, 2.05) is 13.1 Å². The van der Waals surface area contributed by atoms with Crippen LogP contribution in [-0.2, 0) is 20.7 Å². The predicted molar refractivity (Wildman–Crippen MR) is 73.9 cm³/mol. The van der Waals surface area contributed by atoms with E-state index in [1.165, 1.54) is 12.1 Å². The van der Waals surface area contributed by atoms with Crippen molar-refractivity contribution < 1.29 is 9.13 Å². The maximum atomic E-state index is 13.5. The van der Waals surface area contributed by atoms with Crippen LogP contribution < -0.4 is 4.74 Å².